The van der Waals surface area contributed by atoms with Crippen LogP contribution in [0.1, 0.15) is 38.1 Å². The van der Waals surface area contributed by atoms with Crippen molar-refractivity contribution in [3.05, 3.63) is 5.01 Å². The molecule has 102 valence electrons. The number of anilines is 1. The SMILES string of the molecule is Cc1nnc(NCCC(CCC(=O)O)C(C)C)s1. The van der Waals surface area contributed by atoms with E-state index in [4.69, 9.17) is 5.11 Å². The van der Waals surface area contributed by atoms with Gasteiger partial charge in [0.15, 0.2) is 0 Å². The summed E-state index contributed by atoms with van der Waals surface area (Å²) in [4.78, 5) is 10.6. The van der Waals surface area contributed by atoms with Gasteiger partial charge in [0.1, 0.15) is 5.01 Å². The molecule has 1 unspecified atom stereocenters. The van der Waals surface area contributed by atoms with E-state index in [0.717, 1.165) is 29.5 Å². The first-order valence-corrected chi connectivity index (χ1v) is 7.06. The summed E-state index contributed by atoms with van der Waals surface area (Å²) in [5, 5.41) is 21.7. The molecule has 0 aliphatic rings. The summed E-state index contributed by atoms with van der Waals surface area (Å²) in [7, 11) is 0. The normalized spacial score (nSPS) is 12.7. The second kappa shape index (κ2) is 7.31. The molecule has 0 spiro atoms. The zero-order chi connectivity index (χ0) is 13.5. The topological polar surface area (TPSA) is 75.1 Å². The lowest BCUT2D eigenvalue weighted by Crippen LogP contribution is -2.15. The van der Waals surface area contributed by atoms with Gasteiger partial charge in [0.05, 0.1) is 0 Å². The van der Waals surface area contributed by atoms with Crippen molar-refractivity contribution in [1.29, 1.82) is 0 Å². The Kier molecular flexibility index (Phi) is 6.04. The molecule has 6 heteroatoms. The molecular formula is C12H21N3O2S. The third kappa shape index (κ3) is 5.44. The Labute approximate surface area is 112 Å². The van der Waals surface area contributed by atoms with Crippen LogP contribution in [0.15, 0.2) is 0 Å². The number of carboxylic acid groups (broad SMARTS) is 1. The van der Waals surface area contributed by atoms with Crippen LogP contribution in [0.3, 0.4) is 0 Å². The maximum absolute atomic E-state index is 10.6. The van der Waals surface area contributed by atoms with Crippen molar-refractivity contribution in [2.45, 2.75) is 40.0 Å². The molecular weight excluding hydrogens is 250 g/mol. The van der Waals surface area contributed by atoms with Crippen molar-refractivity contribution in [1.82, 2.24) is 10.2 Å². The second-order valence-electron chi connectivity index (χ2n) is 4.78. The molecule has 1 heterocycles. The van der Waals surface area contributed by atoms with Gasteiger partial charge in [0, 0.05) is 13.0 Å². The number of rotatable bonds is 8. The Morgan fingerprint density at radius 1 is 1.39 bits per heavy atom. The molecule has 0 aliphatic heterocycles. The number of hydrogen-bond acceptors (Lipinski definition) is 5. The lowest BCUT2D eigenvalue weighted by molar-refractivity contribution is -0.137. The summed E-state index contributed by atoms with van der Waals surface area (Å²) in [6, 6.07) is 0. The molecule has 1 aromatic rings. The van der Waals surface area contributed by atoms with Crippen molar-refractivity contribution in [3.63, 3.8) is 0 Å². The first-order valence-electron chi connectivity index (χ1n) is 6.24. The summed E-state index contributed by atoms with van der Waals surface area (Å²) in [5.74, 6) is 0.221. The van der Waals surface area contributed by atoms with Crippen LogP contribution in [-0.2, 0) is 4.79 Å². The fraction of sp³-hybridized carbons (Fsp3) is 0.750. The van der Waals surface area contributed by atoms with Gasteiger partial charge in [-0.25, -0.2) is 0 Å². The number of hydrogen-bond donors (Lipinski definition) is 2. The average molecular weight is 271 g/mol. The van der Waals surface area contributed by atoms with E-state index >= 15 is 0 Å². The van der Waals surface area contributed by atoms with Gasteiger partial charge in [-0.3, -0.25) is 4.79 Å². The Balaban J connectivity index is 2.31. The minimum absolute atomic E-state index is 0.251. The van der Waals surface area contributed by atoms with E-state index < -0.39 is 5.97 Å². The number of aryl methyl sites for hydroxylation is 1. The van der Waals surface area contributed by atoms with Crippen LogP contribution in [-0.4, -0.2) is 27.8 Å². The number of carboxylic acids is 1. The summed E-state index contributed by atoms with van der Waals surface area (Å²) < 4.78 is 0. The summed E-state index contributed by atoms with van der Waals surface area (Å²) in [6.07, 6.45) is 1.95. The third-order valence-electron chi connectivity index (χ3n) is 2.99. The van der Waals surface area contributed by atoms with Gasteiger partial charge in [-0.1, -0.05) is 25.2 Å². The number of aromatic nitrogens is 2. The molecule has 0 bridgehead atoms. The third-order valence-corrected chi connectivity index (χ3v) is 3.79. The Hall–Kier alpha value is -1.17. The molecule has 18 heavy (non-hydrogen) atoms. The summed E-state index contributed by atoms with van der Waals surface area (Å²) >= 11 is 1.54. The van der Waals surface area contributed by atoms with E-state index in [2.05, 4.69) is 29.4 Å². The van der Waals surface area contributed by atoms with E-state index in [0.29, 0.717) is 11.8 Å². The zero-order valence-electron chi connectivity index (χ0n) is 11.1. The van der Waals surface area contributed by atoms with Gasteiger partial charge < -0.3 is 10.4 Å². The quantitative estimate of drug-likeness (QED) is 0.760. The largest absolute Gasteiger partial charge is 0.481 e. The van der Waals surface area contributed by atoms with E-state index in [1.807, 2.05) is 6.92 Å². The van der Waals surface area contributed by atoms with E-state index in [9.17, 15) is 4.79 Å². The van der Waals surface area contributed by atoms with Crippen LogP contribution in [0.4, 0.5) is 5.13 Å². The Morgan fingerprint density at radius 2 is 2.11 bits per heavy atom. The number of nitrogens with zero attached hydrogens (tertiary/aromatic N) is 2. The predicted octanol–water partition coefficient (Wildman–Crippen LogP) is 2.79. The van der Waals surface area contributed by atoms with Gasteiger partial charge in [-0.05, 0) is 31.6 Å². The van der Waals surface area contributed by atoms with Gasteiger partial charge >= 0.3 is 5.97 Å². The van der Waals surface area contributed by atoms with Crippen LogP contribution in [0, 0.1) is 18.8 Å². The molecule has 1 aromatic heterocycles. The molecule has 1 atom stereocenters. The molecule has 0 amide bonds. The van der Waals surface area contributed by atoms with Crippen molar-refractivity contribution < 1.29 is 9.90 Å². The van der Waals surface area contributed by atoms with E-state index in [1.165, 1.54) is 11.3 Å². The first-order chi connectivity index (χ1) is 8.49. The average Bonchev–Trinajstić information content (AvgIpc) is 2.68. The molecule has 0 radical (unpaired) electrons. The minimum atomic E-state index is -0.714. The highest BCUT2D eigenvalue weighted by molar-refractivity contribution is 7.15. The van der Waals surface area contributed by atoms with E-state index in [-0.39, 0.29) is 6.42 Å². The second-order valence-corrected chi connectivity index (χ2v) is 5.96. The first kappa shape index (κ1) is 14.9. The summed E-state index contributed by atoms with van der Waals surface area (Å²) in [5.41, 5.74) is 0. The highest BCUT2D eigenvalue weighted by Crippen LogP contribution is 2.22. The van der Waals surface area contributed by atoms with Crippen molar-refractivity contribution in [3.8, 4) is 0 Å². The van der Waals surface area contributed by atoms with Gasteiger partial charge in [-0.2, -0.15) is 0 Å². The standard InChI is InChI=1S/C12H21N3O2S/c1-8(2)10(4-5-11(16)17)6-7-13-12-15-14-9(3)18-12/h8,10H,4-7H2,1-3H3,(H,13,15)(H,16,17). The molecule has 0 fully saturated rings. The number of carbonyl (C=O) groups is 1. The van der Waals surface area contributed by atoms with Crippen molar-refractivity contribution in [2.24, 2.45) is 11.8 Å². The van der Waals surface area contributed by atoms with Crippen LogP contribution >= 0.6 is 11.3 Å². The van der Waals surface area contributed by atoms with Gasteiger partial charge in [-0.15, -0.1) is 10.2 Å². The van der Waals surface area contributed by atoms with Crippen LogP contribution in [0.5, 0.6) is 0 Å². The minimum Gasteiger partial charge on any atom is -0.481 e. The maximum atomic E-state index is 10.6. The molecule has 0 saturated carbocycles. The predicted molar refractivity (Wildman–Crippen MR) is 73.0 cm³/mol. The van der Waals surface area contributed by atoms with E-state index in [1.54, 1.807) is 0 Å². The zero-order valence-corrected chi connectivity index (χ0v) is 12.0. The Morgan fingerprint density at radius 3 is 2.61 bits per heavy atom. The number of nitrogens with one attached hydrogen (secondary N) is 1. The van der Waals surface area contributed by atoms with Gasteiger partial charge in [0.25, 0.3) is 0 Å². The molecule has 2 N–H and O–H groups in total. The fourth-order valence-electron chi connectivity index (χ4n) is 1.85. The molecule has 0 aliphatic carbocycles. The van der Waals surface area contributed by atoms with Crippen LogP contribution in [0.25, 0.3) is 0 Å². The smallest absolute Gasteiger partial charge is 0.303 e. The number of aliphatic carboxylic acids is 1. The molecule has 5 nitrogen and oxygen atoms in total. The monoisotopic (exact) mass is 271 g/mol. The molecule has 0 aromatic carbocycles. The highest BCUT2D eigenvalue weighted by Gasteiger charge is 2.14. The molecule has 0 saturated heterocycles. The Bertz CT molecular complexity index is 379. The fourth-order valence-corrected chi connectivity index (χ4v) is 2.47. The summed E-state index contributed by atoms with van der Waals surface area (Å²) in [6.45, 7) is 7.02. The van der Waals surface area contributed by atoms with Crippen LogP contribution in [0.2, 0.25) is 0 Å². The van der Waals surface area contributed by atoms with Crippen molar-refractivity contribution >= 4 is 22.4 Å². The van der Waals surface area contributed by atoms with Gasteiger partial charge in [0.2, 0.25) is 5.13 Å². The van der Waals surface area contributed by atoms with Crippen LogP contribution < -0.4 is 5.32 Å². The van der Waals surface area contributed by atoms with Crippen molar-refractivity contribution in [2.75, 3.05) is 11.9 Å². The molecule has 1 rings (SSSR count). The lowest BCUT2D eigenvalue weighted by atomic mass is 9.88. The maximum Gasteiger partial charge on any atom is 0.303 e. The lowest BCUT2D eigenvalue weighted by Gasteiger charge is -2.19. The highest BCUT2D eigenvalue weighted by atomic mass is 32.1.